The first-order chi connectivity index (χ1) is 14.0. The fourth-order valence-corrected chi connectivity index (χ4v) is 2.59. The molecule has 0 aliphatic rings. The number of rotatable bonds is 7. The number of carboxylic acid groups (broad SMARTS) is 1. The van der Waals surface area contributed by atoms with Crippen molar-refractivity contribution in [1.82, 2.24) is 0 Å². The van der Waals surface area contributed by atoms with E-state index in [1.54, 1.807) is 66.7 Å². The molecule has 0 spiro atoms. The molecule has 29 heavy (non-hydrogen) atoms. The smallest absolute Gasteiger partial charge is 0.343 e. The van der Waals surface area contributed by atoms with Crippen LogP contribution in [0.5, 0.6) is 11.5 Å². The summed E-state index contributed by atoms with van der Waals surface area (Å²) >= 11 is 0. The fraction of sp³-hybridized carbons (Fsp3) is 0.0870. The largest absolute Gasteiger partial charge is 0.481 e. The molecule has 0 amide bonds. The van der Waals surface area contributed by atoms with Crippen LogP contribution in [0.2, 0.25) is 0 Å². The van der Waals surface area contributed by atoms with Gasteiger partial charge in [-0.3, -0.25) is 4.79 Å². The maximum atomic E-state index is 12.4. The molecule has 0 unspecified atom stereocenters. The van der Waals surface area contributed by atoms with Crippen molar-refractivity contribution in [2.75, 3.05) is 0 Å². The van der Waals surface area contributed by atoms with Crippen LogP contribution in [0.25, 0.3) is 0 Å². The molecule has 0 aliphatic heterocycles. The van der Waals surface area contributed by atoms with E-state index in [9.17, 15) is 14.4 Å². The monoisotopic (exact) mass is 390 g/mol. The lowest BCUT2D eigenvalue weighted by molar-refractivity contribution is -0.136. The molecule has 0 heterocycles. The Hall–Kier alpha value is -3.93. The fourth-order valence-electron chi connectivity index (χ4n) is 2.59. The summed E-state index contributed by atoms with van der Waals surface area (Å²) in [4.78, 5) is 35.7. The summed E-state index contributed by atoms with van der Waals surface area (Å²) in [7, 11) is 0. The highest BCUT2D eigenvalue weighted by Gasteiger charge is 2.17. The van der Waals surface area contributed by atoms with Crippen LogP contribution in [0.15, 0.2) is 78.9 Å². The minimum absolute atomic E-state index is 0.0472. The molecule has 146 valence electrons. The molecule has 6 heteroatoms. The van der Waals surface area contributed by atoms with Crippen molar-refractivity contribution in [3.8, 4) is 11.5 Å². The first-order valence-electron chi connectivity index (χ1n) is 8.92. The van der Waals surface area contributed by atoms with E-state index in [0.717, 1.165) is 0 Å². The highest BCUT2D eigenvalue weighted by atomic mass is 16.6. The van der Waals surface area contributed by atoms with E-state index in [-0.39, 0.29) is 24.3 Å². The Labute approximate surface area is 167 Å². The van der Waals surface area contributed by atoms with Gasteiger partial charge in [0.2, 0.25) is 0 Å². The number of esters is 2. The number of aryl methyl sites for hydroxylation is 1. The van der Waals surface area contributed by atoms with E-state index in [1.807, 2.05) is 0 Å². The number of carboxylic acids is 1. The average molecular weight is 390 g/mol. The van der Waals surface area contributed by atoms with Gasteiger partial charge in [0, 0.05) is 6.42 Å². The Morgan fingerprint density at radius 1 is 0.690 bits per heavy atom. The standard InChI is InChI=1S/C23H18O6/c24-21(25)14-12-16-11-13-19(28-22(26)17-7-3-1-4-8-17)20(15-16)29-23(27)18-9-5-2-6-10-18/h1-11,13,15H,12,14H2,(H,24,25). The molecule has 0 saturated carbocycles. The maximum absolute atomic E-state index is 12.4. The lowest BCUT2D eigenvalue weighted by Crippen LogP contribution is -2.13. The van der Waals surface area contributed by atoms with E-state index in [0.29, 0.717) is 16.7 Å². The molecular formula is C23H18O6. The Kier molecular flexibility index (Phi) is 6.37. The summed E-state index contributed by atoms with van der Waals surface area (Å²) in [6.45, 7) is 0. The minimum atomic E-state index is -0.938. The normalized spacial score (nSPS) is 10.2. The van der Waals surface area contributed by atoms with Crippen molar-refractivity contribution in [1.29, 1.82) is 0 Å². The molecule has 3 aromatic rings. The van der Waals surface area contributed by atoms with Gasteiger partial charge in [0.15, 0.2) is 11.5 Å². The summed E-state index contributed by atoms with van der Waals surface area (Å²) in [5, 5.41) is 8.88. The Morgan fingerprint density at radius 3 is 1.72 bits per heavy atom. The van der Waals surface area contributed by atoms with E-state index in [4.69, 9.17) is 14.6 Å². The molecule has 3 rings (SSSR count). The topological polar surface area (TPSA) is 89.9 Å². The lowest BCUT2D eigenvalue weighted by Gasteiger charge is -2.12. The number of aliphatic carboxylic acids is 1. The van der Waals surface area contributed by atoms with E-state index in [2.05, 4.69) is 0 Å². The molecular weight excluding hydrogens is 372 g/mol. The van der Waals surface area contributed by atoms with Gasteiger partial charge in [-0.25, -0.2) is 9.59 Å². The first kappa shape index (κ1) is 19.8. The summed E-state index contributed by atoms with van der Waals surface area (Å²) in [5.74, 6) is -2.03. The molecule has 0 bridgehead atoms. The minimum Gasteiger partial charge on any atom is -0.481 e. The molecule has 0 aliphatic carbocycles. The van der Waals surface area contributed by atoms with Gasteiger partial charge >= 0.3 is 17.9 Å². The van der Waals surface area contributed by atoms with Gasteiger partial charge in [-0.05, 0) is 48.4 Å². The Morgan fingerprint density at radius 2 is 1.21 bits per heavy atom. The third-order valence-corrected chi connectivity index (χ3v) is 4.06. The van der Waals surface area contributed by atoms with Crippen LogP contribution in [0.4, 0.5) is 0 Å². The van der Waals surface area contributed by atoms with Crippen LogP contribution in [0.1, 0.15) is 32.7 Å². The number of benzene rings is 3. The van der Waals surface area contributed by atoms with Gasteiger partial charge in [-0.1, -0.05) is 42.5 Å². The zero-order valence-corrected chi connectivity index (χ0v) is 15.4. The van der Waals surface area contributed by atoms with E-state index >= 15 is 0 Å². The van der Waals surface area contributed by atoms with Gasteiger partial charge < -0.3 is 14.6 Å². The number of carbonyl (C=O) groups is 3. The van der Waals surface area contributed by atoms with Crippen molar-refractivity contribution in [3.63, 3.8) is 0 Å². The predicted molar refractivity (Wildman–Crippen MR) is 105 cm³/mol. The van der Waals surface area contributed by atoms with Crippen molar-refractivity contribution in [3.05, 3.63) is 95.6 Å². The van der Waals surface area contributed by atoms with E-state index < -0.39 is 17.9 Å². The highest BCUT2D eigenvalue weighted by molar-refractivity contribution is 5.93. The Balaban J connectivity index is 1.86. The molecule has 0 aromatic heterocycles. The molecule has 6 nitrogen and oxygen atoms in total. The summed E-state index contributed by atoms with van der Waals surface area (Å²) in [6, 6.07) is 21.4. The van der Waals surface area contributed by atoms with Crippen molar-refractivity contribution >= 4 is 17.9 Å². The number of hydrogen-bond donors (Lipinski definition) is 1. The molecule has 3 aromatic carbocycles. The zero-order chi connectivity index (χ0) is 20.6. The van der Waals surface area contributed by atoms with Crippen LogP contribution >= 0.6 is 0 Å². The zero-order valence-electron chi connectivity index (χ0n) is 15.4. The summed E-state index contributed by atoms with van der Waals surface area (Å²) < 4.78 is 10.9. The number of ether oxygens (including phenoxy) is 2. The van der Waals surface area contributed by atoms with Gasteiger partial charge in [0.25, 0.3) is 0 Å². The average Bonchev–Trinajstić information content (AvgIpc) is 2.75. The van der Waals surface area contributed by atoms with E-state index in [1.165, 1.54) is 12.1 Å². The summed E-state index contributed by atoms with van der Waals surface area (Å²) in [6.07, 6.45) is 0.174. The highest BCUT2D eigenvalue weighted by Crippen LogP contribution is 2.30. The molecule has 0 atom stereocenters. The first-order valence-corrected chi connectivity index (χ1v) is 8.92. The second kappa shape index (κ2) is 9.32. The third-order valence-electron chi connectivity index (χ3n) is 4.06. The molecule has 0 saturated heterocycles. The number of carbonyl (C=O) groups excluding carboxylic acids is 2. The molecule has 0 fully saturated rings. The number of hydrogen-bond acceptors (Lipinski definition) is 5. The Bertz CT molecular complexity index is 1010. The SMILES string of the molecule is O=C(O)CCc1ccc(OC(=O)c2ccccc2)c(OC(=O)c2ccccc2)c1. The van der Waals surface area contributed by atoms with Crippen LogP contribution < -0.4 is 9.47 Å². The molecule has 0 radical (unpaired) electrons. The quantitative estimate of drug-likeness (QED) is 0.482. The van der Waals surface area contributed by atoms with Crippen molar-refractivity contribution in [2.45, 2.75) is 12.8 Å². The maximum Gasteiger partial charge on any atom is 0.343 e. The van der Waals surface area contributed by atoms with Crippen LogP contribution in [-0.4, -0.2) is 23.0 Å². The van der Waals surface area contributed by atoms with Gasteiger partial charge in [0.1, 0.15) is 0 Å². The third kappa shape index (κ3) is 5.52. The van der Waals surface area contributed by atoms with Gasteiger partial charge in [-0.15, -0.1) is 0 Å². The van der Waals surface area contributed by atoms with Crippen LogP contribution in [0, 0.1) is 0 Å². The van der Waals surface area contributed by atoms with Gasteiger partial charge in [0.05, 0.1) is 11.1 Å². The van der Waals surface area contributed by atoms with Crippen molar-refractivity contribution in [2.24, 2.45) is 0 Å². The van der Waals surface area contributed by atoms with Crippen LogP contribution in [-0.2, 0) is 11.2 Å². The lowest BCUT2D eigenvalue weighted by atomic mass is 10.1. The van der Waals surface area contributed by atoms with Crippen LogP contribution in [0.3, 0.4) is 0 Å². The predicted octanol–water partition coefficient (Wildman–Crippen LogP) is 4.14. The molecule has 1 N–H and O–H groups in total. The van der Waals surface area contributed by atoms with Gasteiger partial charge in [-0.2, -0.15) is 0 Å². The second-order valence-corrected chi connectivity index (χ2v) is 6.19. The second-order valence-electron chi connectivity index (χ2n) is 6.19. The summed E-state index contributed by atoms with van der Waals surface area (Å²) in [5.41, 5.74) is 1.33. The van der Waals surface area contributed by atoms with Crippen molar-refractivity contribution < 1.29 is 29.0 Å².